The molecule has 0 aromatic rings. The zero-order valence-corrected chi connectivity index (χ0v) is 11.8. The lowest BCUT2D eigenvalue weighted by molar-refractivity contribution is 0.0975. The maximum atomic E-state index is 11.6. The summed E-state index contributed by atoms with van der Waals surface area (Å²) in [6, 6.07) is 0.284. The molecule has 0 radical (unpaired) electrons. The Morgan fingerprint density at radius 3 is 2.47 bits per heavy atom. The molecule has 0 aromatic heterocycles. The van der Waals surface area contributed by atoms with Gasteiger partial charge < -0.3 is 15.4 Å². The minimum Gasteiger partial charge on any atom is -0.450 e. The van der Waals surface area contributed by atoms with Crippen molar-refractivity contribution in [2.24, 2.45) is 16.6 Å². The van der Waals surface area contributed by atoms with Crippen molar-refractivity contribution in [3.05, 3.63) is 0 Å². The van der Waals surface area contributed by atoms with Gasteiger partial charge in [-0.3, -0.25) is 4.99 Å². The van der Waals surface area contributed by atoms with Crippen molar-refractivity contribution in [3.8, 4) is 0 Å². The van der Waals surface area contributed by atoms with Gasteiger partial charge in [0.05, 0.1) is 18.5 Å². The SMILES string of the molecule is CCOC(=O)N1CCC(N=C(N)C2CCCC2)CC1. The Morgan fingerprint density at radius 2 is 1.89 bits per heavy atom. The second-order valence-electron chi connectivity index (χ2n) is 5.45. The van der Waals surface area contributed by atoms with E-state index in [2.05, 4.69) is 4.99 Å². The molecule has 0 unspecified atom stereocenters. The Hall–Kier alpha value is -1.26. The Kier molecular flexibility index (Phi) is 5.05. The van der Waals surface area contributed by atoms with Crippen LogP contribution in [0.5, 0.6) is 0 Å². The molecule has 1 aliphatic carbocycles. The normalized spacial score (nSPS) is 22.8. The first-order valence-corrected chi connectivity index (χ1v) is 7.45. The molecule has 108 valence electrons. The van der Waals surface area contributed by atoms with E-state index in [4.69, 9.17) is 10.5 Å². The summed E-state index contributed by atoms with van der Waals surface area (Å²) in [5.74, 6) is 1.34. The summed E-state index contributed by atoms with van der Waals surface area (Å²) in [5, 5.41) is 0. The van der Waals surface area contributed by atoms with Crippen LogP contribution in [0.2, 0.25) is 0 Å². The van der Waals surface area contributed by atoms with E-state index >= 15 is 0 Å². The number of rotatable bonds is 3. The molecule has 2 fully saturated rings. The fourth-order valence-corrected chi connectivity index (χ4v) is 2.93. The summed E-state index contributed by atoms with van der Waals surface area (Å²) in [5.41, 5.74) is 6.10. The number of carbonyl (C=O) groups is 1. The summed E-state index contributed by atoms with van der Waals surface area (Å²) < 4.78 is 5.01. The third-order valence-corrected chi connectivity index (χ3v) is 4.10. The summed E-state index contributed by atoms with van der Waals surface area (Å²) in [6.45, 7) is 3.72. The number of amidine groups is 1. The third-order valence-electron chi connectivity index (χ3n) is 4.10. The highest BCUT2D eigenvalue weighted by Gasteiger charge is 2.25. The standard InChI is InChI=1S/C14H25N3O2/c1-2-19-14(18)17-9-7-12(8-10-17)16-13(15)11-5-3-4-6-11/h11-12H,2-10H2,1H3,(H2,15,16). The molecule has 2 N–H and O–H groups in total. The second-order valence-corrected chi connectivity index (χ2v) is 5.45. The minimum absolute atomic E-state index is 0.200. The van der Waals surface area contributed by atoms with Crippen molar-refractivity contribution in [2.75, 3.05) is 19.7 Å². The fourth-order valence-electron chi connectivity index (χ4n) is 2.93. The summed E-state index contributed by atoms with van der Waals surface area (Å²) in [6.07, 6.45) is 6.53. The summed E-state index contributed by atoms with van der Waals surface area (Å²) in [4.78, 5) is 18.0. The molecule has 5 nitrogen and oxygen atoms in total. The van der Waals surface area contributed by atoms with Crippen LogP contribution in [-0.2, 0) is 4.74 Å². The maximum Gasteiger partial charge on any atom is 0.409 e. The lowest BCUT2D eigenvalue weighted by Crippen LogP contribution is -2.40. The summed E-state index contributed by atoms with van der Waals surface area (Å²) >= 11 is 0. The average Bonchev–Trinajstić information content (AvgIpc) is 2.94. The maximum absolute atomic E-state index is 11.6. The molecular formula is C14H25N3O2. The smallest absolute Gasteiger partial charge is 0.409 e. The first kappa shape index (κ1) is 14.2. The minimum atomic E-state index is -0.200. The first-order chi connectivity index (χ1) is 9.20. The van der Waals surface area contributed by atoms with Crippen LogP contribution in [-0.4, -0.2) is 42.6 Å². The van der Waals surface area contributed by atoms with Crippen LogP contribution in [0.25, 0.3) is 0 Å². The topological polar surface area (TPSA) is 67.9 Å². The Bertz CT molecular complexity index is 330. The number of nitrogens with two attached hydrogens (primary N) is 1. The van der Waals surface area contributed by atoms with Gasteiger partial charge in [0.25, 0.3) is 0 Å². The fraction of sp³-hybridized carbons (Fsp3) is 0.857. The van der Waals surface area contributed by atoms with E-state index in [0.717, 1.165) is 31.8 Å². The predicted molar refractivity (Wildman–Crippen MR) is 75.2 cm³/mol. The molecule has 2 aliphatic rings. The number of amides is 1. The van der Waals surface area contributed by atoms with E-state index in [1.165, 1.54) is 25.7 Å². The van der Waals surface area contributed by atoms with Gasteiger partial charge in [-0.05, 0) is 32.6 Å². The van der Waals surface area contributed by atoms with Gasteiger partial charge in [-0.1, -0.05) is 12.8 Å². The molecule has 1 saturated carbocycles. The summed E-state index contributed by atoms with van der Waals surface area (Å²) in [7, 11) is 0. The molecule has 1 amide bonds. The van der Waals surface area contributed by atoms with Crippen molar-refractivity contribution >= 4 is 11.9 Å². The molecule has 0 spiro atoms. The zero-order valence-electron chi connectivity index (χ0n) is 11.8. The second kappa shape index (κ2) is 6.78. The largest absolute Gasteiger partial charge is 0.450 e. The van der Waals surface area contributed by atoms with Crippen molar-refractivity contribution in [3.63, 3.8) is 0 Å². The number of hydrogen-bond acceptors (Lipinski definition) is 3. The van der Waals surface area contributed by atoms with Gasteiger partial charge in [-0.2, -0.15) is 0 Å². The zero-order chi connectivity index (χ0) is 13.7. The predicted octanol–water partition coefficient (Wildman–Crippen LogP) is 2.15. The van der Waals surface area contributed by atoms with Crippen LogP contribution in [0.3, 0.4) is 0 Å². The van der Waals surface area contributed by atoms with Gasteiger partial charge in [0.2, 0.25) is 0 Å². The molecular weight excluding hydrogens is 242 g/mol. The van der Waals surface area contributed by atoms with E-state index < -0.39 is 0 Å². The van der Waals surface area contributed by atoms with E-state index in [0.29, 0.717) is 12.5 Å². The Balaban J connectivity index is 1.79. The third kappa shape index (κ3) is 3.85. The number of nitrogens with zero attached hydrogens (tertiary/aromatic N) is 2. The van der Waals surface area contributed by atoms with Crippen molar-refractivity contribution in [2.45, 2.75) is 51.5 Å². The molecule has 5 heteroatoms. The van der Waals surface area contributed by atoms with Crippen molar-refractivity contribution < 1.29 is 9.53 Å². The van der Waals surface area contributed by atoms with Gasteiger partial charge in [-0.15, -0.1) is 0 Å². The van der Waals surface area contributed by atoms with E-state index in [1.54, 1.807) is 4.90 Å². The van der Waals surface area contributed by atoms with Crippen LogP contribution in [0.1, 0.15) is 45.4 Å². The average molecular weight is 267 g/mol. The lowest BCUT2D eigenvalue weighted by Gasteiger charge is -2.29. The quantitative estimate of drug-likeness (QED) is 0.629. The van der Waals surface area contributed by atoms with Crippen LogP contribution in [0.4, 0.5) is 4.79 Å². The highest BCUT2D eigenvalue weighted by Crippen LogP contribution is 2.25. The Morgan fingerprint density at radius 1 is 1.26 bits per heavy atom. The number of aliphatic imine (C=N–C) groups is 1. The van der Waals surface area contributed by atoms with Gasteiger partial charge >= 0.3 is 6.09 Å². The number of carbonyl (C=O) groups excluding carboxylic acids is 1. The van der Waals surface area contributed by atoms with Crippen LogP contribution >= 0.6 is 0 Å². The van der Waals surface area contributed by atoms with Crippen LogP contribution in [0, 0.1) is 5.92 Å². The van der Waals surface area contributed by atoms with E-state index in [-0.39, 0.29) is 12.1 Å². The number of hydrogen-bond donors (Lipinski definition) is 1. The lowest BCUT2D eigenvalue weighted by atomic mass is 10.0. The van der Waals surface area contributed by atoms with Gasteiger partial charge in [0.1, 0.15) is 0 Å². The molecule has 0 aromatic carbocycles. The molecule has 0 atom stereocenters. The van der Waals surface area contributed by atoms with Crippen LogP contribution < -0.4 is 5.73 Å². The number of likely N-dealkylation sites (tertiary alicyclic amines) is 1. The van der Waals surface area contributed by atoms with Crippen LogP contribution in [0.15, 0.2) is 4.99 Å². The molecule has 1 aliphatic heterocycles. The Labute approximate surface area is 115 Å². The highest BCUT2D eigenvalue weighted by atomic mass is 16.6. The monoisotopic (exact) mass is 267 g/mol. The highest BCUT2D eigenvalue weighted by molar-refractivity contribution is 5.83. The number of ether oxygens (including phenoxy) is 1. The van der Waals surface area contributed by atoms with Gasteiger partial charge in [0, 0.05) is 19.0 Å². The first-order valence-electron chi connectivity index (χ1n) is 7.45. The van der Waals surface area contributed by atoms with E-state index in [9.17, 15) is 4.79 Å². The molecule has 0 bridgehead atoms. The molecule has 1 heterocycles. The molecule has 2 rings (SSSR count). The van der Waals surface area contributed by atoms with Crippen molar-refractivity contribution in [1.29, 1.82) is 0 Å². The van der Waals surface area contributed by atoms with Gasteiger partial charge in [-0.25, -0.2) is 4.79 Å². The van der Waals surface area contributed by atoms with E-state index in [1.807, 2.05) is 6.92 Å². The number of piperidine rings is 1. The molecule has 19 heavy (non-hydrogen) atoms. The van der Waals surface area contributed by atoms with Crippen molar-refractivity contribution in [1.82, 2.24) is 4.90 Å². The molecule has 1 saturated heterocycles. The van der Waals surface area contributed by atoms with Gasteiger partial charge in [0.15, 0.2) is 0 Å².